The lowest BCUT2D eigenvalue weighted by molar-refractivity contribution is 0.281. The van der Waals surface area contributed by atoms with E-state index in [1.165, 1.54) is 10.5 Å². The molecule has 0 aromatic carbocycles. The summed E-state index contributed by atoms with van der Waals surface area (Å²) < 4.78 is 26.4. The fourth-order valence-electron chi connectivity index (χ4n) is 2.28. The third-order valence-corrected chi connectivity index (χ3v) is 5.30. The first-order valence-corrected chi connectivity index (χ1v) is 7.41. The molecule has 1 aliphatic rings. The lowest BCUT2D eigenvalue weighted by Gasteiger charge is -2.33. The quantitative estimate of drug-likeness (QED) is 0.312. The molecule has 0 spiro atoms. The minimum absolute atomic E-state index is 0.0792. The third kappa shape index (κ3) is 2.43. The summed E-state index contributed by atoms with van der Waals surface area (Å²) in [5, 5.41) is 18.1. The number of hydrogen-bond acceptors (Lipinski definition) is 5. The van der Waals surface area contributed by atoms with Crippen LogP contribution in [0.5, 0.6) is 0 Å². The van der Waals surface area contributed by atoms with Gasteiger partial charge < -0.3 is 10.9 Å². The van der Waals surface area contributed by atoms with Crippen LogP contribution >= 0.6 is 0 Å². The lowest BCUT2D eigenvalue weighted by atomic mass is 10.0. The highest BCUT2D eigenvalue weighted by Crippen LogP contribution is 2.26. The molecule has 1 atom stereocenters. The van der Waals surface area contributed by atoms with E-state index in [4.69, 9.17) is 10.9 Å². The number of aromatic nitrogens is 2. The Labute approximate surface area is 111 Å². The summed E-state index contributed by atoms with van der Waals surface area (Å²) in [6, 6.07) is -0.599. The second-order valence-corrected chi connectivity index (χ2v) is 6.37. The molecule has 1 aliphatic heterocycles. The summed E-state index contributed by atoms with van der Waals surface area (Å²) >= 11 is 0. The van der Waals surface area contributed by atoms with Gasteiger partial charge in [-0.05, 0) is 19.8 Å². The van der Waals surface area contributed by atoms with Gasteiger partial charge >= 0.3 is 0 Å². The zero-order valence-corrected chi connectivity index (χ0v) is 11.4. The zero-order valence-electron chi connectivity index (χ0n) is 10.6. The van der Waals surface area contributed by atoms with Crippen LogP contribution in [0.1, 0.15) is 25.0 Å². The molecule has 4 N–H and O–H groups in total. The highest BCUT2D eigenvalue weighted by atomic mass is 32.2. The van der Waals surface area contributed by atoms with Crippen LogP contribution in [0.2, 0.25) is 0 Å². The Kier molecular flexibility index (Phi) is 3.76. The van der Waals surface area contributed by atoms with Gasteiger partial charge in [-0.15, -0.1) is 0 Å². The largest absolute Gasteiger partial charge is 0.409 e. The number of rotatable bonds is 3. The van der Waals surface area contributed by atoms with Crippen molar-refractivity contribution >= 4 is 15.9 Å². The van der Waals surface area contributed by atoms with Gasteiger partial charge in [0.25, 0.3) is 0 Å². The second kappa shape index (κ2) is 5.17. The van der Waals surface area contributed by atoms with Gasteiger partial charge in [-0.3, -0.25) is 5.10 Å². The summed E-state index contributed by atoms with van der Waals surface area (Å²) in [4.78, 5) is 0.130. The van der Waals surface area contributed by atoms with Crippen LogP contribution < -0.4 is 5.73 Å². The fraction of sp³-hybridized carbons (Fsp3) is 0.600. The predicted octanol–water partition coefficient (Wildman–Crippen LogP) is 0.00772. The normalized spacial score (nSPS) is 22.6. The molecule has 1 fully saturated rings. The lowest BCUT2D eigenvalue weighted by Crippen LogP contribution is -2.50. The molecule has 0 aliphatic carbocycles. The first kappa shape index (κ1) is 13.8. The molecule has 0 radical (unpaired) electrons. The molecular formula is C10H17N5O3S. The van der Waals surface area contributed by atoms with Crippen molar-refractivity contribution in [2.45, 2.75) is 37.1 Å². The molecule has 0 saturated carbocycles. The topological polar surface area (TPSA) is 125 Å². The van der Waals surface area contributed by atoms with Gasteiger partial charge in [0, 0.05) is 6.54 Å². The first-order valence-electron chi connectivity index (χ1n) is 5.97. The van der Waals surface area contributed by atoms with Gasteiger partial charge in [-0.1, -0.05) is 11.6 Å². The first-order chi connectivity index (χ1) is 8.98. The summed E-state index contributed by atoms with van der Waals surface area (Å²) in [6.07, 6.45) is 3.43. The van der Waals surface area contributed by atoms with Gasteiger partial charge in [0.2, 0.25) is 10.0 Å². The Bertz CT molecular complexity index is 580. The maximum Gasteiger partial charge on any atom is 0.247 e. The van der Waals surface area contributed by atoms with Crippen molar-refractivity contribution in [2.24, 2.45) is 10.9 Å². The van der Waals surface area contributed by atoms with Crippen molar-refractivity contribution in [3.05, 3.63) is 11.9 Å². The van der Waals surface area contributed by atoms with E-state index >= 15 is 0 Å². The average Bonchev–Trinajstić information content (AvgIpc) is 2.85. The summed E-state index contributed by atoms with van der Waals surface area (Å²) in [7, 11) is -3.69. The van der Waals surface area contributed by atoms with E-state index < -0.39 is 16.1 Å². The van der Waals surface area contributed by atoms with Gasteiger partial charge in [0.1, 0.15) is 4.90 Å². The number of aromatic amines is 1. The number of nitrogens with two attached hydrogens (primary N) is 1. The number of oxime groups is 1. The van der Waals surface area contributed by atoms with E-state index in [-0.39, 0.29) is 10.7 Å². The molecule has 0 amide bonds. The summed E-state index contributed by atoms with van der Waals surface area (Å²) in [5.74, 6) is -0.0792. The molecule has 19 heavy (non-hydrogen) atoms. The highest BCUT2D eigenvalue weighted by molar-refractivity contribution is 7.89. The SMILES string of the molecule is Cc1[nH]ncc1S(=O)(=O)N1CCCCC1C(N)=NO. The molecule has 1 aromatic rings. The van der Waals surface area contributed by atoms with E-state index in [0.717, 1.165) is 12.8 Å². The molecule has 1 unspecified atom stereocenters. The minimum atomic E-state index is -3.69. The average molecular weight is 287 g/mol. The number of amidine groups is 1. The van der Waals surface area contributed by atoms with E-state index in [1.807, 2.05) is 0 Å². The van der Waals surface area contributed by atoms with Crippen molar-refractivity contribution < 1.29 is 13.6 Å². The number of hydrogen-bond donors (Lipinski definition) is 3. The van der Waals surface area contributed by atoms with E-state index in [0.29, 0.717) is 18.7 Å². The van der Waals surface area contributed by atoms with Crippen LogP contribution in [0.3, 0.4) is 0 Å². The number of H-pyrrole nitrogens is 1. The Morgan fingerprint density at radius 1 is 1.63 bits per heavy atom. The summed E-state index contributed by atoms with van der Waals surface area (Å²) in [6.45, 7) is 2.00. The van der Waals surface area contributed by atoms with Crippen LogP contribution in [0.15, 0.2) is 16.2 Å². The van der Waals surface area contributed by atoms with Crippen LogP contribution in [-0.4, -0.2) is 46.5 Å². The Morgan fingerprint density at radius 3 is 2.95 bits per heavy atom. The minimum Gasteiger partial charge on any atom is -0.409 e. The molecule has 1 aromatic heterocycles. The number of nitrogens with one attached hydrogen (secondary N) is 1. The number of aryl methyl sites for hydroxylation is 1. The van der Waals surface area contributed by atoms with Crippen molar-refractivity contribution in [1.82, 2.24) is 14.5 Å². The molecular weight excluding hydrogens is 270 g/mol. The van der Waals surface area contributed by atoms with Crippen LogP contribution in [-0.2, 0) is 10.0 Å². The van der Waals surface area contributed by atoms with Crippen LogP contribution in [0.25, 0.3) is 0 Å². The molecule has 0 bridgehead atoms. The predicted molar refractivity (Wildman–Crippen MR) is 68.3 cm³/mol. The Morgan fingerprint density at radius 2 is 2.37 bits per heavy atom. The number of nitrogens with zero attached hydrogens (tertiary/aromatic N) is 3. The molecule has 1 saturated heterocycles. The number of piperidine rings is 1. The molecule has 106 valence electrons. The standard InChI is InChI=1S/C10H17N5O3S/c1-7-9(6-12-13-7)19(17,18)15-5-3-2-4-8(15)10(11)14-16/h6,8,16H,2-5H2,1H3,(H2,11,14)(H,12,13). The maximum atomic E-state index is 12.6. The van der Waals surface area contributed by atoms with Crippen molar-refractivity contribution in [1.29, 1.82) is 0 Å². The van der Waals surface area contributed by atoms with Crippen molar-refractivity contribution in [2.75, 3.05) is 6.54 Å². The zero-order chi connectivity index (χ0) is 14.0. The Balaban J connectivity index is 2.40. The molecule has 2 rings (SSSR count). The van der Waals surface area contributed by atoms with E-state index in [9.17, 15) is 8.42 Å². The maximum absolute atomic E-state index is 12.6. The molecule has 8 nitrogen and oxygen atoms in total. The van der Waals surface area contributed by atoms with Gasteiger partial charge in [-0.25, -0.2) is 8.42 Å². The fourth-order valence-corrected chi connectivity index (χ4v) is 4.07. The smallest absolute Gasteiger partial charge is 0.247 e. The van der Waals surface area contributed by atoms with Gasteiger partial charge in [0.15, 0.2) is 5.84 Å². The van der Waals surface area contributed by atoms with Gasteiger partial charge in [-0.2, -0.15) is 9.40 Å². The molecule has 9 heteroatoms. The van der Waals surface area contributed by atoms with Crippen LogP contribution in [0, 0.1) is 6.92 Å². The van der Waals surface area contributed by atoms with E-state index in [1.54, 1.807) is 6.92 Å². The second-order valence-electron chi connectivity index (χ2n) is 4.51. The van der Waals surface area contributed by atoms with Gasteiger partial charge in [0.05, 0.1) is 17.9 Å². The van der Waals surface area contributed by atoms with Crippen molar-refractivity contribution in [3.8, 4) is 0 Å². The molecule has 2 heterocycles. The van der Waals surface area contributed by atoms with Crippen LogP contribution in [0.4, 0.5) is 0 Å². The third-order valence-electron chi connectivity index (χ3n) is 3.28. The van der Waals surface area contributed by atoms with Crippen molar-refractivity contribution in [3.63, 3.8) is 0 Å². The summed E-state index contributed by atoms with van der Waals surface area (Å²) in [5.41, 5.74) is 6.07. The highest BCUT2D eigenvalue weighted by Gasteiger charge is 2.37. The number of sulfonamides is 1. The van der Waals surface area contributed by atoms with E-state index in [2.05, 4.69) is 15.4 Å². The monoisotopic (exact) mass is 287 g/mol. The Hall–Kier alpha value is -1.61.